The van der Waals surface area contributed by atoms with E-state index in [0.29, 0.717) is 13.2 Å². The maximum Gasteiger partial charge on any atom is 0.323 e. The molecule has 0 rings (SSSR count). The molecular weight excluding hydrogens is 206 g/mol. The van der Waals surface area contributed by atoms with Crippen LogP contribution in [0.1, 0.15) is 40.0 Å². The summed E-state index contributed by atoms with van der Waals surface area (Å²) in [4.78, 5) is 11.4. The lowest BCUT2D eigenvalue weighted by atomic mass is 10.0. The van der Waals surface area contributed by atoms with Gasteiger partial charge in [-0.05, 0) is 12.3 Å². The lowest BCUT2D eigenvalue weighted by Crippen LogP contribution is -2.38. The summed E-state index contributed by atoms with van der Waals surface area (Å²) in [6.07, 6.45) is 3.03. The average Bonchev–Trinajstić information content (AvgIpc) is 2.31. The van der Waals surface area contributed by atoms with Crippen LogP contribution in [0.15, 0.2) is 0 Å². The van der Waals surface area contributed by atoms with Gasteiger partial charge in [0.2, 0.25) is 0 Å². The molecule has 4 nitrogen and oxygen atoms in total. The Hall–Kier alpha value is -0.610. The first-order valence-corrected chi connectivity index (χ1v) is 6.13. The van der Waals surface area contributed by atoms with Gasteiger partial charge in [0.05, 0.1) is 6.61 Å². The lowest BCUT2D eigenvalue weighted by Gasteiger charge is -2.16. The van der Waals surface area contributed by atoms with Gasteiger partial charge in [0.25, 0.3) is 0 Å². The highest BCUT2D eigenvalue weighted by molar-refractivity contribution is 5.75. The number of carbonyl (C=O) groups excluding carboxylic acids is 1. The Morgan fingerprint density at radius 3 is 2.50 bits per heavy atom. The maximum absolute atomic E-state index is 11.4. The van der Waals surface area contributed by atoms with Gasteiger partial charge in [-0.15, -0.1) is 0 Å². The molecule has 0 saturated heterocycles. The third kappa shape index (κ3) is 6.80. The minimum Gasteiger partial charge on any atom is -0.462 e. The smallest absolute Gasteiger partial charge is 0.323 e. The van der Waals surface area contributed by atoms with Gasteiger partial charge in [0.1, 0.15) is 12.6 Å². The average molecular weight is 231 g/mol. The molecule has 0 spiro atoms. The second-order valence-electron chi connectivity index (χ2n) is 4.04. The molecular formula is C12H25NO3. The topological polar surface area (TPSA) is 61.5 Å². The summed E-state index contributed by atoms with van der Waals surface area (Å²) < 4.78 is 10.3. The van der Waals surface area contributed by atoms with Crippen LogP contribution >= 0.6 is 0 Å². The Bertz CT molecular complexity index is 185. The molecule has 2 atom stereocenters. The number of carbonyl (C=O) groups is 1. The summed E-state index contributed by atoms with van der Waals surface area (Å²) in [6.45, 7) is 7.54. The van der Waals surface area contributed by atoms with Crippen LogP contribution in [0.2, 0.25) is 0 Å². The molecule has 0 amide bonds. The number of rotatable bonds is 9. The molecule has 0 radical (unpaired) electrons. The lowest BCUT2D eigenvalue weighted by molar-refractivity contribution is -0.148. The van der Waals surface area contributed by atoms with E-state index in [2.05, 4.69) is 6.92 Å². The first-order chi connectivity index (χ1) is 7.63. The highest BCUT2D eigenvalue weighted by Gasteiger charge is 2.20. The van der Waals surface area contributed by atoms with Gasteiger partial charge in [0, 0.05) is 6.61 Å². The standard InChI is InChI=1S/C12H25NO3/c1-4-6-7-15-8-9-16-12(14)11(13)10(3)5-2/h10-11H,4-9,13H2,1-3H3/t10?,11-/m0/s1. The number of unbranched alkanes of at least 4 members (excludes halogenated alkanes) is 1. The third-order valence-electron chi connectivity index (χ3n) is 2.64. The van der Waals surface area contributed by atoms with Crippen LogP contribution in [0.3, 0.4) is 0 Å². The monoisotopic (exact) mass is 231 g/mol. The van der Waals surface area contributed by atoms with E-state index in [9.17, 15) is 4.79 Å². The third-order valence-corrected chi connectivity index (χ3v) is 2.64. The fourth-order valence-electron chi connectivity index (χ4n) is 1.13. The fourth-order valence-corrected chi connectivity index (χ4v) is 1.13. The molecule has 0 aliphatic heterocycles. The van der Waals surface area contributed by atoms with E-state index in [0.717, 1.165) is 25.9 Å². The minimum absolute atomic E-state index is 0.161. The van der Waals surface area contributed by atoms with E-state index < -0.39 is 6.04 Å². The SMILES string of the molecule is CCCCOCCOC(=O)[C@@H](N)C(C)CC. The quantitative estimate of drug-likeness (QED) is 0.485. The van der Waals surface area contributed by atoms with Gasteiger partial charge in [-0.1, -0.05) is 33.6 Å². The van der Waals surface area contributed by atoms with Crippen molar-refractivity contribution in [3.05, 3.63) is 0 Å². The Labute approximate surface area is 98.5 Å². The Kier molecular flexibility index (Phi) is 9.24. The van der Waals surface area contributed by atoms with E-state index in [1.807, 2.05) is 13.8 Å². The van der Waals surface area contributed by atoms with E-state index in [-0.39, 0.29) is 11.9 Å². The number of nitrogens with two attached hydrogens (primary N) is 1. The van der Waals surface area contributed by atoms with Crippen molar-refractivity contribution in [1.82, 2.24) is 0 Å². The zero-order valence-corrected chi connectivity index (χ0v) is 10.7. The molecule has 16 heavy (non-hydrogen) atoms. The maximum atomic E-state index is 11.4. The predicted molar refractivity (Wildman–Crippen MR) is 64.1 cm³/mol. The van der Waals surface area contributed by atoms with Crippen molar-refractivity contribution in [2.45, 2.75) is 46.1 Å². The second-order valence-corrected chi connectivity index (χ2v) is 4.04. The molecule has 0 aromatic carbocycles. The summed E-state index contributed by atoms with van der Waals surface area (Å²) in [7, 11) is 0. The highest BCUT2D eigenvalue weighted by atomic mass is 16.6. The van der Waals surface area contributed by atoms with Gasteiger partial charge < -0.3 is 15.2 Å². The van der Waals surface area contributed by atoms with E-state index >= 15 is 0 Å². The molecule has 0 saturated carbocycles. The van der Waals surface area contributed by atoms with Gasteiger partial charge in [-0.25, -0.2) is 0 Å². The number of ether oxygens (including phenoxy) is 2. The van der Waals surface area contributed by atoms with Crippen LogP contribution in [0, 0.1) is 5.92 Å². The fraction of sp³-hybridized carbons (Fsp3) is 0.917. The second kappa shape index (κ2) is 9.60. The molecule has 0 aromatic rings. The van der Waals surface area contributed by atoms with Crippen LogP contribution in [-0.4, -0.2) is 31.8 Å². The first-order valence-electron chi connectivity index (χ1n) is 6.13. The molecule has 0 aliphatic carbocycles. The molecule has 0 fully saturated rings. The Morgan fingerprint density at radius 2 is 1.94 bits per heavy atom. The Balaban J connectivity index is 3.50. The molecule has 4 heteroatoms. The van der Waals surface area contributed by atoms with Crippen molar-refractivity contribution in [3.63, 3.8) is 0 Å². The molecule has 0 aliphatic rings. The first kappa shape index (κ1) is 15.4. The van der Waals surface area contributed by atoms with Gasteiger partial charge in [-0.2, -0.15) is 0 Å². The van der Waals surface area contributed by atoms with Crippen LogP contribution in [0.5, 0.6) is 0 Å². The van der Waals surface area contributed by atoms with E-state index in [4.69, 9.17) is 15.2 Å². The molecule has 0 heterocycles. The minimum atomic E-state index is -0.513. The van der Waals surface area contributed by atoms with Crippen LogP contribution in [-0.2, 0) is 14.3 Å². The van der Waals surface area contributed by atoms with Crippen molar-refractivity contribution in [2.75, 3.05) is 19.8 Å². The van der Waals surface area contributed by atoms with Crippen molar-refractivity contribution in [2.24, 2.45) is 11.7 Å². The highest BCUT2D eigenvalue weighted by Crippen LogP contribution is 2.06. The van der Waals surface area contributed by atoms with Gasteiger partial charge in [0.15, 0.2) is 0 Å². The van der Waals surface area contributed by atoms with Crippen molar-refractivity contribution in [1.29, 1.82) is 0 Å². The van der Waals surface area contributed by atoms with Crippen molar-refractivity contribution < 1.29 is 14.3 Å². The molecule has 2 N–H and O–H groups in total. The summed E-state index contributed by atoms with van der Waals surface area (Å²) in [6, 6.07) is -0.513. The van der Waals surface area contributed by atoms with Crippen molar-refractivity contribution >= 4 is 5.97 Å². The van der Waals surface area contributed by atoms with Gasteiger partial charge in [-0.3, -0.25) is 4.79 Å². The number of esters is 1. The number of hydrogen-bond donors (Lipinski definition) is 1. The summed E-state index contributed by atoms with van der Waals surface area (Å²) in [5, 5.41) is 0. The predicted octanol–water partition coefficient (Wildman–Crippen LogP) is 1.72. The zero-order chi connectivity index (χ0) is 12.4. The zero-order valence-electron chi connectivity index (χ0n) is 10.7. The van der Waals surface area contributed by atoms with Crippen molar-refractivity contribution in [3.8, 4) is 0 Å². The van der Waals surface area contributed by atoms with Crippen LogP contribution in [0.4, 0.5) is 0 Å². The largest absolute Gasteiger partial charge is 0.462 e. The van der Waals surface area contributed by atoms with Crippen LogP contribution < -0.4 is 5.73 Å². The molecule has 0 bridgehead atoms. The summed E-state index contributed by atoms with van der Waals surface area (Å²) >= 11 is 0. The number of hydrogen-bond acceptors (Lipinski definition) is 4. The molecule has 96 valence electrons. The van der Waals surface area contributed by atoms with Crippen LogP contribution in [0.25, 0.3) is 0 Å². The normalized spacial score (nSPS) is 14.5. The van der Waals surface area contributed by atoms with E-state index in [1.54, 1.807) is 0 Å². The molecule has 0 aromatic heterocycles. The van der Waals surface area contributed by atoms with Gasteiger partial charge >= 0.3 is 5.97 Å². The Morgan fingerprint density at radius 1 is 1.25 bits per heavy atom. The summed E-state index contributed by atoms with van der Waals surface area (Å²) in [5.74, 6) is -0.165. The summed E-state index contributed by atoms with van der Waals surface area (Å²) in [5.41, 5.74) is 5.72. The van der Waals surface area contributed by atoms with E-state index in [1.165, 1.54) is 0 Å². The molecule has 1 unspecified atom stereocenters.